The molecule has 4 heteroatoms. The van der Waals surface area contributed by atoms with Gasteiger partial charge in [-0.3, -0.25) is 4.79 Å². The van der Waals surface area contributed by atoms with Crippen LogP contribution in [0.25, 0.3) is 10.8 Å². The van der Waals surface area contributed by atoms with Gasteiger partial charge in [0.25, 0.3) is 5.91 Å². The summed E-state index contributed by atoms with van der Waals surface area (Å²) in [5, 5.41) is 4.35. The molecular formula is C14H15N3O. The van der Waals surface area contributed by atoms with Crippen LogP contribution in [-0.2, 0) is 0 Å². The number of carbonyl (C=O) groups is 1. The molecule has 4 nitrogen and oxygen atoms in total. The summed E-state index contributed by atoms with van der Waals surface area (Å²) in [5.74, 6) is -0.214. The van der Waals surface area contributed by atoms with Gasteiger partial charge in [0.2, 0.25) is 0 Å². The topological polar surface area (TPSA) is 68.0 Å². The Bertz CT molecular complexity index is 620. The first kappa shape index (κ1) is 12.1. The lowest BCUT2D eigenvalue weighted by atomic mass is 10.1. The minimum absolute atomic E-state index is 0.214. The van der Waals surface area contributed by atoms with Gasteiger partial charge in [-0.15, -0.1) is 6.58 Å². The monoisotopic (exact) mass is 241 g/mol. The predicted molar refractivity (Wildman–Crippen MR) is 73.4 cm³/mol. The van der Waals surface area contributed by atoms with Crippen LogP contribution in [0.4, 0.5) is 5.69 Å². The van der Waals surface area contributed by atoms with Crippen molar-refractivity contribution >= 4 is 22.4 Å². The second kappa shape index (κ2) is 4.87. The number of nitrogens with zero attached hydrogens (tertiary/aromatic N) is 1. The van der Waals surface area contributed by atoms with Crippen LogP contribution in [0.1, 0.15) is 16.2 Å². The molecule has 92 valence electrons. The first-order chi connectivity index (χ1) is 8.63. The molecular weight excluding hydrogens is 226 g/mol. The van der Waals surface area contributed by atoms with Crippen molar-refractivity contribution in [1.29, 1.82) is 0 Å². The van der Waals surface area contributed by atoms with Crippen molar-refractivity contribution < 1.29 is 4.79 Å². The number of hydrogen-bond donors (Lipinski definition) is 2. The van der Waals surface area contributed by atoms with Crippen LogP contribution >= 0.6 is 0 Å². The highest BCUT2D eigenvalue weighted by Crippen LogP contribution is 2.23. The molecule has 0 saturated carbocycles. The van der Waals surface area contributed by atoms with Crippen molar-refractivity contribution in [1.82, 2.24) is 10.3 Å². The van der Waals surface area contributed by atoms with Gasteiger partial charge in [-0.1, -0.05) is 18.2 Å². The molecule has 0 aliphatic heterocycles. The zero-order valence-corrected chi connectivity index (χ0v) is 10.2. The number of aryl methyl sites for hydroxylation is 1. The number of anilines is 1. The molecule has 1 aromatic carbocycles. The van der Waals surface area contributed by atoms with Crippen molar-refractivity contribution in [2.24, 2.45) is 0 Å². The molecule has 0 saturated heterocycles. The fraction of sp³-hybridized carbons (Fsp3) is 0.143. The summed E-state index contributed by atoms with van der Waals surface area (Å²) >= 11 is 0. The van der Waals surface area contributed by atoms with E-state index >= 15 is 0 Å². The van der Waals surface area contributed by atoms with Gasteiger partial charge >= 0.3 is 0 Å². The van der Waals surface area contributed by atoms with Gasteiger partial charge in [0.05, 0.1) is 0 Å². The molecule has 0 bridgehead atoms. The van der Waals surface area contributed by atoms with E-state index in [-0.39, 0.29) is 5.91 Å². The van der Waals surface area contributed by atoms with Gasteiger partial charge in [-0.25, -0.2) is 4.98 Å². The number of nitrogens with two attached hydrogens (primary N) is 1. The van der Waals surface area contributed by atoms with E-state index < -0.39 is 0 Å². The first-order valence-electron chi connectivity index (χ1n) is 5.68. The fourth-order valence-electron chi connectivity index (χ4n) is 1.85. The normalized spacial score (nSPS) is 10.3. The number of amides is 1. The van der Waals surface area contributed by atoms with Gasteiger partial charge in [-0.05, 0) is 19.1 Å². The third-order valence-electron chi connectivity index (χ3n) is 2.66. The third kappa shape index (κ3) is 2.18. The zero-order chi connectivity index (χ0) is 13.1. The van der Waals surface area contributed by atoms with Gasteiger partial charge < -0.3 is 11.1 Å². The minimum Gasteiger partial charge on any atom is -0.398 e. The average Bonchev–Trinajstić information content (AvgIpc) is 2.36. The molecule has 2 aromatic rings. The van der Waals surface area contributed by atoms with Crippen LogP contribution in [0.3, 0.4) is 0 Å². The standard InChI is InChI=1S/C14H15N3O/c1-3-7-16-14(18)13-10-5-4-6-12(15)11(10)8-9(2)17-13/h3-6,8H,1,7,15H2,2H3,(H,16,18). The predicted octanol–water partition coefficient (Wildman–Crippen LogP) is 2.04. The molecule has 2 rings (SSSR count). The maximum atomic E-state index is 12.0. The summed E-state index contributed by atoms with van der Waals surface area (Å²) in [5.41, 5.74) is 7.74. The van der Waals surface area contributed by atoms with Gasteiger partial charge in [0, 0.05) is 28.7 Å². The Balaban J connectivity index is 2.59. The lowest BCUT2D eigenvalue weighted by molar-refractivity contribution is 0.0954. The largest absolute Gasteiger partial charge is 0.398 e. The van der Waals surface area contributed by atoms with E-state index in [1.54, 1.807) is 6.08 Å². The number of carbonyl (C=O) groups excluding carboxylic acids is 1. The van der Waals surface area contributed by atoms with Crippen molar-refractivity contribution in [3.05, 3.63) is 48.3 Å². The minimum atomic E-state index is -0.214. The van der Waals surface area contributed by atoms with Crippen LogP contribution in [-0.4, -0.2) is 17.4 Å². The van der Waals surface area contributed by atoms with Gasteiger partial charge in [-0.2, -0.15) is 0 Å². The highest BCUT2D eigenvalue weighted by molar-refractivity contribution is 6.08. The highest BCUT2D eigenvalue weighted by atomic mass is 16.1. The van der Waals surface area contributed by atoms with Gasteiger partial charge in [0.15, 0.2) is 0 Å². The molecule has 0 radical (unpaired) electrons. The lowest BCUT2D eigenvalue weighted by Crippen LogP contribution is -2.24. The third-order valence-corrected chi connectivity index (χ3v) is 2.66. The summed E-state index contributed by atoms with van der Waals surface area (Å²) in [4.78, 5) is 16.3. The maximum Gasteiger partial charge on any atom is 0.270 e. The molecule has 0 fully saturated rings. The summed E-state index contributed by atoms with van der Waals surface area (Å²) in [6.45, 7) is 5.82. The van der Waals surface area contributed by atoms with Crippen LogP contribution in [0, 0.1) is 6.92 Å². The molecule has 0 aliphatic carbocycles. The molecule has 1 aromatic heterocycles. The van der Waals surface area contributed by atoms with Crippen LogP contribution in [0.15, 0.2) is 36.9 Å². The number of nitrogens with one attached hydrogen (secondary N) is 1. The molecule has 0 aliphatic rings. The summed E-state index contributed by atoms with van der Waals surface area (Å²) in [7, 11) is 0. The van der Waals surface area contributed by atoms with Crippen molar-refractivity contribution in [3.63, 3.8) is 0 Å². The number of rotatable bonds is 3. The Labute approximate surface area is 106 Å². The number of fused-ring (bicyclic) bond motifs is 1. The second-order valence-corrected chi connectivity index (χ2v) is 4.05. The van der Waals surface area contributed by atoms with Crippen LogP contribution in [0.2, 0.25) is 0 Å². The zero-order valence-electron chi connectivity index (χ0n) is 10.2. The Morgan fingerprint density at radius 1 is 1.50 bits per heavy atom. The SMILES string of the molecule is C=CCNC(=O)c1nc(C)cc2c(N)cccc12. The highest BCUT2D eigenvalue weighted by Gasteiger charge is 2.13. The Morgan fingerprint density at radius 2 is 2.28 bits per heavy atom. The fourth-order valence-corrected chi connectivity index (χ4v) is 1.85. The van der Waals surface area contributed by atoms with Crippen LogP contribution in [0.5, 0.6) is 0 Å². The average molecular weight is 241 g/mol. The lowest BCUT2D eigenvalue weighted by Gasteiger charge is -2.09. The number of pyridine rings is 1. The quantitative estimate of drug-likeness (QED) is 0.638. The molecule has 1 amide bonds. The Kier molecular flexibility index (Phi) is 3.28. The summed E-state index contributed by atoms with van der Waals surface area (Å²) in [6, 6.07) is 7.36. The second-order valence-electron chi connectivity index (χ2n) is 4.05. The molecule has 0 unspecified atom stereocenters. The summed E-state index contributed by atoms with van der Waals surface area (Å²) in [6.07, 6.45) is 1.63. The van der Waals surface area contributed by atoms with Crippen molar-refractivity contribution in [3.8, 4) is 0 Å². The molecule has 0 atom stereocenters. The molecule has 18 heavy (non-hydrogen) atoms. The number of benzene rings is 1. The Hall–Kier alpha value is -2.36. The Morgan fingerprint density at radius 3 is 3.00 bits per heavy atom. The molecule has 1 heterocycles. The van der Waals surface area contributed by atoms with Gasteiger partial charge in [0.1, 0.15) is 5.69 Å². The van der Waals surface area contributed by atoms with E-state index in [4.69, 9.17) is 5.73 Å². The van der Waals surface area contributed by atoms with Crippen LogP contribution < -0.4 is 11.1 Å². The number of nitrogen functional groups attached to an aromatic ring is 1. The number of hydrogen-bond acceptors (Lipinski definition) is 3. The van der Waals surface area contributed by atoms with Crippen molar-refractivity contribution in [2.75, 3.05) is 12.3 Å². The smallest absolute Gasteiger partial charge is 0.270 e. The maximum absolute atomic E-state index is 12.0. The first-order valence-corrected chi connectivity index (χ1v) is 5.68. The molecule has 3 N–H and O–H groups in total. The number of aromatic nitrogens is 1. The van der Waals surface area contributed by atoms with Crippen molar-refractivity contribution in [2.45, 2.75) is 6.92 Å². The van der Waals surface area contributed by atoms with E-state index in [9.17, 15) is 4.79 Å². The van der Waals surface area contributed by atoms with E-state index in [2.05, 4.69) is 16.9 Å². The summed E-state index contributed by atoms with van der Waals surface area (Å²) < 4.78 is 0. The van der Waals surface area contributed by atoms with E-state index in [1.807, 2.05) is 31.2 Å². The van der Waals surface area contributed by atoms with E-state index in [0.717, 1.165) is 16.5 Å². The van der Waals surface area contributed by atoms with E-state index in [0.29, 0.717) is 17.9 Å². The molecule has 0 spiro atoms. The van der Waals surface area contributed by atoms with E-state index in [1.165, 1.54) is 0 Å².